The van der Waals surface area contributed by atoms with Crippen LogP contribution in [0, 0.1) is 0 Å². The third-order valence-corrected chi connectivity index (χ3v) is 9.01. The van der Waals surface area contributed by atoms with Crippen LogP contribution in [0.5, 0.6) is 0 Å². The molecule has 0 heterocycles. The molecule has 38 heavy (non-hydrogen) atoms. The van der Waals surface area contributed by atoms with Crippen molar-refractivity contribution in [2.75, 3.05) is 0 Å². The van der Waals surface area contributed by atoms with Gasteiger partial charge in [0.15, 0.2) is 11.6 Å². The lowest BCUT2D eigenvalue weighted by molar-refractivity contribution is -0.116. The van der Waals surface area contributed by atoms with Gasteiger partial charge in [0.05, 0.1) is 0 Å². The highest BCUT2D eigenvalue weighted by Gasteiger charge is 2.48. The lowest BCUT2D eigenvalue weighted by Gasteiger charge is -2.43. The van der Waals surface area contributed by atoms with Crippen LogP contribution >= 0.6 is 0 Å². The molecule has 0 aliphatic heterocycles. The highest BCUT2D eigenvalue weighted by Crippen LogP contribution is 2.57. The first kappa shape index (κ1) is 26.9. The Morgan fingerprint density at radius 2 is 0.921 bits per heavy atom. The Morgan fingerprint density at radius 3 is 1.37 bits per heavy atom. The number of hydrogen-bond donors (Lipinski definition) is 0. The van der Waals surface area contributed by atoms with Gasteiger partial charge in [0.1, 0.15) is 0 Å². The SMILES string of the molecule is CCCCCCCCCCCCCCCCC1=CC(=O)C2=C(C1=O)C1c3ccccc3C2c2ccccc21. The molecular weight excluding hydrogens is 464 g/mol. The van der Waals surface area contributed by atoms with Crippen molar-refractivity contribution >= 4 is 11.6 Å². The minimum absolute atomic E-state index is 0.0546. The maximum absolute atomic E-state index is 13.8. The van der Waals surface area contributed by atoms with Crippen molar-refractivity contribution in [1.29, 1.82) is 0 Å². The van der Waals surface area contributed by atoms with Crippen molar-refractivity contribution in [3.63, 3.8) is 0 Å². The Bertz CT molecular complexity index is 1170. The van der Waals surface area contributed by atoms with E-state index in [1.807, 2.05) is 12.1 Å². The number of carbonyl (C=O) groups is 2. The van der Waals surface area contributed by atoms with Crippen LogP contribution in [-0.2, 0) is 9.59 Å². The van der Waals surface area contributed by atoms with E-state index in [9.17, 15) is 9.59 Å². The number of unbranched alkanes of at least 4 members (excludes halogenated alkanes) is 13. The van der Waals surface area contributed by atoms with Crippen LogP contribution in [0.3, 0.4) is 0 Å². The number of ketones is 2. The highest BCUT2D eigenvalue weighted by molar-refractivity contribution is 6.25. The minimum atomic E-state index is -0.113. The molecule has 0 saturated carbocycles. The summed E-state index contributed by atoms with van der Waals surface area (Å²) >= 11 is 0. The van der Waals surface area contributed by atoms with Gasteiger partial charge in [-0.2, -0.15) is 0 Å². The van der Waals surface area contributed by atoms with Crippen molar-refractivity contribution < 1.29 is 9.59 Å². The van der Waals surface area contributed by atoms with Crippen LogP contribution in [0.25, 0.3) is 0 Å². The van der Waals surface area contributed by atoms with Crippen LogP contribution in [0.2, 0.25) is 0 Å². The summed E-state index contributed by atoms with van der Waals surface area (Å²) in [5.74, 6) is -0.0520. The maximum atomic E-state index is 13.8. The molecule has 0 fully saturated rings. The number of carbonyl (C=O) groups excluding carboxylic acids is 2. The van der Waals surface area contributed by atoms with Crippen molar-refractivity contribution in [3.8, 4) is 0 Å². The van der Waals surface area contributed by atoms with E-state index in [1.54, 1.807) is 6.08 Å². The Balaban J connectivity index is 1.09. The van der Waals surface area contributed by atoms with E-state index in [0.717, 1.165) is 36.0 Å². The molecule has 2 aromatic carbocycles. The van der Waals surface area contributed by atoms with E-state index in [1.165, 1.54) is 99.3 Å². The first-order valence-corrected chi connectivity index (χ1v) is 15.4. The molecule has 2 bridgehead atoms. The maximum Gasteiger partial charge on any atom is 0.186 e. The van der Waals surface area contributed by atoms with Crippen LogP contribution in [-0.4, -0.2) is 11.6 Å². The van der Waals surface area contributed by atoms with Crippen LogP contribution in [0.15, 0.2) is 71.3 Å². The third-order valence-electron chi connectivity index (χ3n) is 9.01. The molecule has 0 spiro atoms. The summed E-state index contributed by atoms with van der Waals surface area (Å²) in [6, 6.07) is 16.8. The number of allylic oxidation sites excluding steroid dienone is 4. The van der Waals surface area contributed by atoms with Crippen LogP contribution in [0.1, 0.15) is 137 Å². The smallest absolute Gasteiger partial charge is 0.186 e. The number of hydrogen-bond acceptors (Lipinski definition) is 2. The van der Waals surface area contributed by atoms with Gasteiger partial charge in [-0.15, -0.1) is 0 Å². The predicted octanol–water partition coefficient (Wildman–Crippen LogP) is 9.52. The number of rotatable bonds is 15. The first-order valence-electron chi connectivity index (χ1n) is 15.4. The van der Waals surface area contributed by atoms with Crippen LogP contribution in [0.4, 0.5) is 0 Å². The zero-order chi connectivity index (χ0) is 26.3. The predicted molar refractivity (Wildman–Crippen MR) is 157 cm³/mol. The summed E-state index contributed by atoms with van der Waals surface area (Å²) < 4.78 is 0. The molecule has 0 radical (unpaired) electrons. The van der Waals surface area contributed by atoms with Gasteiger partial charge in [0, 0.05) is 28.6 Å². The zero-order valence-corrected chi connectivity index (χ0v) is 23.3. The average molecular weight is 509 g/mol. The molecule has 0 aromatic heterocycles. The highest BCUT2D eigenvalue weighted by atomic mass is 16.1. The van der Waals surface area contributed by atoms with Gasteiger partial charge in [-0.05, 0) is 41.2 Å². The molecule has 0 unspecified atom stereocenters. The van der Waals surface area contributed by atoms with Crippen molar-refractivity contribution in [2.45, 2.75) is 115 Å². The summed E-state index contributed by atoms with van der Waals surface area (Å²) in [6.07, 6.45) is 20.9. The summed E-state index contributed by atoms with van der Waals surface area (Å²) in [6.45, 7) is 2.28. The lowest BCUT2D eigenvalue weighted by Crippen LogP contribution is -2.36. The van der Waals surface area contributed by atoms with Crippen molar-refractivity contribution in [2.24, 2.45) is 0 Å². The molecule has 200 valence electrons. The largest absolute Gasteiger partial charge is 0.290 e. The van der Waals surface area contributed by atoms with E-state index in [2.05, 4.69) is 43.3 Å². The number of benzene rings is 2. The molecule has 0 N–H and O–H groups in total. The fourth-order valence-electron chi connectivity index (χ4n) is 7.04. The molecule has 0 atom stereocenters. The minimum Gasteiger partial charge on any atom is -0.290 e. The molecular formula is C36H44O2. The fraction of sp³-hybridized carbons (Fsp3) is 0.500. The lowest BCUT2D eigenvalue weighted by atomic mass is 9.58. The molecule has 0 saturated heterocycles. The van der Waals surface area contributed by atoms with Gasteiger partial charge >= 0.3 is 0 Å². The van der Waals surface area contributed by atoms with Crippen molar-refractivity contribution in [3.05, 3.63) is 93.6 Å². The van der Waals surface area contributed by atoms with E-state index < -0.39 is 0 Å². The fourth-order valence-corrected chi connectivity index (χ4v) is 7.04. The van der Waals surface area contributed by atoms with E-state index >= 15 is 0 Å². The van der Waals surface area contributed by atoms with Gasteiger partial charge in [-0.3, -0.25) is 9.59 Å². The summed E-state index contributed by atoms with van der Waals surface area (Å²) in [5, 5.41) is 0. The third kappa shape index (κ3) is 5.51. The monoisotopic (exact) mass is 508 g/mol. The second-order valence-corrected chi connectivity index (χ2v) is 11.7. The average Bonchev–Trinajstić information content (AvgIpc) is 2.95. The van der Waals surface area contributed by atoms with E-state index in [4.69, 9.17) is 0 Å². The Kier molecular flexibility index (Phi) is 9.10. The topological polar surface area (TPSA) is 34.1 Å². The normalized spacial score (nSPS) is 19.3. The summed E-state index contributed by atoms with van der Waals surface area (Å²) in [5.41, 5.74) is 7.03. The quantitative estimate of drug-likeness (QED) is 0.177. The second-order valence-electron chi connectivity index (χ2n) is 11.7. The van der Waals surface area contributed by atoms with Gasteiger partial charge < -0.3 is 0 Å². The van der Waals surface area contributed by atoms with E-state index in [-0.39, 0.29) is 23.4 Å². The van der Waals surface area contributed by atoms with E-state index in [0.29, 0.717) is 0 Å². The Labute approximate surface area is 229 Å². The van der Waals surface area contributed by atoms with Gasteiger partial charge in [0.2, 0.25) is 0 Å². The van der Waals surface area contributed by atoms with Gasteiger partial charge in [0.25, 0.3) is 0 Å². The molecule has 0 amide bonds. The molecule has 2 nitrogen and oxygen atoms in total. The Morgan fingerprint density at radius 1 is 0.526 bits per heavy atom. The summed E-state index contributed by atoms with van der Waals surface area (Å²) in [4.78, 5) is 27.3. The molecule has 6 rings (SSSR count). The summed E-state index contributed by atoms with van der Waals surface area (Å²) in [7, 11) is 0. The standard InChI is InChI=1S/C36H44O2/c1-2-3-4-5-6-7-8-9-10-11-12-13-14-15-20-26-25-31(37)34-32-27-21-16-18-23-29(27)33(35(34)36(26)38)30-24-19-17-22-28(30)32/h16-19,21-25,32-33H,2-15,20H2,1H3. The Hall–Kier alpha value is -2.74. The first-order chi connectivity index (χ1) is 18.7. The molecule has 2 heteroatoms. The van der Waals surface area contributed by atoms with Crippen LogP contribution < -0.4 is 0 Å². The molecule has 4 aliphatic carbocycles. The second kappa shape index (κ2) is 12.9. The van der Waals surface area contributed by atoms with Gasteiger partial charge in [-0.1, -0.05) is 139 Å². The zero-order valence-electron chi connectivity index (χ0n) is 23.3. The van der Waals surface area contributed by atoms with Crippen molar-refractivity contribution in [1.82, 2.24) is 0 Å². The van der Waals surface area contributed by atoms with Gasteiger partial charge in [-0.25, -0.2) is 0 Å². The molecule has 4 aliphatic rings. The number of Topliss-reactive ketones (excluding diaryl/α,β-unsaturated/α-hetero) is 1. The molecule has 2 aromatic rings.